The highest BCUT2D eigenvalue weighted by molar-refractivity contribution is 5.91. The van der Waals surface area contributed by atoms with Crippen molar-refractivity contribution in [1.82, 2.24) is 10.3 Å². The zero-order valence-electron chi connectivity index (χ0n) is 20.5. The minimum absolute atomic E-state index is 0.0226. The fraction of sp³-hybridized carbons (Fsp3) is 0.346. The Morgan fingerprint density at radius 2 is 2.05 bits per heavy atom. The van der Waals surface area contributed by atoms with Gasteiger partial charge in [0.1, 0.15) is 17.6 Å². The summed E-state index contributed by atoms with van der Waals surface area (Å²) in [4.78, 5) is 40.2. The molecular formula is C26H28N4O8. The van der Waals surface area contributed by atoms with Gasteiger partial charge in [0.15, 0.2) is 11.2 Å². The number of hydrogen-bond acceptors (Lipinski definition) is 10. The number of anilines is 1. The molecule has 3 aromatic rings. The highest BCUT2D eigenvalue weighted by Gasteiger charge is 2.30. The number of unbranched alkanes of at least 4 members (excludes halogenated alkanes) is 1. The number of carbonyl (C=O) groups excluding carboxylic acids is 1. The summed E-state index contributed by atoms with van der Waals surface area (Å²) < 4.78 is 17.3. The molecule has 200 valence electrons. The standard InChI is InChI=1S/C26H28N4O8/c31-11-3-4-12-36-24-14-17(20-16-37-21-6-2-1-5-19(21)25(20)32)13-22(38-24)26(33)28-10-9-27-23-8-7-18(15-29-23)30(34)35/h1-2,5-8,13,15-17,24,31H,3-4,9-12,14H2,(H,27,29)(H,28,33)/t17-,24+/m0/s1. The van der Waals surface area contributed by atoms with Crippen molar-refractivity contribution in [2.24, 2.45) is 0 Å². The first-order chi connectivity index (χ1) is 18.5. The van der Waals surface area contributed by atoms with E-state index in [1.807, 2.05) is 0 Å². The fourth-order valence-corrected chi connectivity index (χ4v) is 3.96. The zero-order chi connectivity index (χ0) is 26.9. The van der Waals surface area contributed by atoms with Crippen LogP contribution in [0, 0.1) is 10.1 Å². The van der Waals surface area contributed by atoms with E-state index in [4.69, 9.17) is 19.0 Å². The number of nitrogens with zero attached hydrogens (tertiary/aromatic N) is 2. The average Bonchev–Trinajstić information content (AvgIpc) is 2.94. The molecule has 0 spiro atoms. The molecule has 1 amide bonds. The van der Waals surface area contributed by atoms with Crippen LogP contribution in [0.25, 0.3) is 11.0 Å². The fourth-order valence-electron chi connectivity index (χ4n) is 3.96. The number of amides is 1. The van der Waals surface area contributed by atoms with E-state index in [0.29, 0.717) is 54.8 Å². The van der Waals surface area contributed by atoms with Gasteiger partial charge in [-0.2, -0.15) is 0 Å². The van der Waals surface area contributed by atoms with Gasteiger partial charge in [0.2, 0.25) is 6.29 Å². The number of pyridine rings is 1. The van der Waals surface area contributed by atoms with E-state index in [0.717, 1.165) is 6.20 Å². The number of para-hydroxylation sites is 1. The van der Waals surface area contributed by atoms with Gasteiger partial charge in [0.25, 0.3) is 11.6 Å². The van der Waals surface area contributed by atoms with Crippen LogP contribution in [0.4, 0.5) is 11.5 Å². The third kappa shape index (κ3) is 6.72. The van der Waals surface area contributed by atoms with Crippen LogP contribution in [0.1, 0.15) is 30.7 Å². The van der Waals surface area contributed by atoms with E-state index in [1.165, 1.54) is 18.4 Å². The highest BCUT2D eigenvalue weighted by Crippen LogP contribution is 2.31. The van der Waals surface area contributed by atoms with E-state index >= 15 is 0 Å². The maximum absolute atomic E-state index is 13.2. The number of rotatable bonds is 12. The van der Waals surface area contributed by atoms with Crippen molar-refractivity contribution in [3.8, 4) is 0 Å². The molecule has 2 atom stereocenters. The van der Waals surface area contributed by atoms with Crippen molar-refractivity contribution in [3.05, 3.63) is 86.6 Å². The molecule has 0 radical (unpaired) electrons. The average molecular weight is 525 g/mol. The van der Waals surface area contributed by atoms with E-state index in [-0.39, 0.29) is 30.0 Å². The van der Waals surface area contributed by atoms with Crippen LogP contribution in [0.5, 0.6) is 0 Å². The SMILES string of the molecule is O=C(NCCNc1ccc([N+](=O)[O-])cn1)C1=C[C@H](c2coc3ccccc3c2=O)C[C@H](OCCCCO)O1. The van der Waals surface area contributed by atoms with Crippen molar-refractivity contribution in [1.29, 1.82) is 0 Å². The van der Waals surface area contributed by atoms with Crippen molar-refractivity contribution in [2.45, 2.75) is 31.5 Å². The van der Waals surface area contributed by atoms with Gasteiger partial charge in [0, 0.05) is 43.7 Å². The lowest BCUT2D eigenvalue weighted by molar-refractivity contribution is -0.385. The number of nitro groups is 1. The molecule has 12 nitrogen and oxygen atoms in total. The maximum atomic E-state index is 13.2. The second kappa shape index (κ2) is 12.8. The van der Waals surface area contributed by atoms with E-state index in [9.17, 15) is 19.7 Å². The summed E-state index contributed by atoms with van der Waals surface area (Å²) in [7, 11) is 0. The molecule has 0 fully saturated rings. The molecule has 0 saturated carbocycles. The quantitative estimate of drug-likeness (QED) is 0.182. The Morgan fingerprint density at radius 1 is 1.21 bits per heavy atom. The number of fused-ring (bicyclic) bond motifs is 1. The molecule has 0 saturated heterocycles. The minimum Gasteiger partial charge on any atom is -0.464 e. The molecule has 4 rings (SSSR count). The van der Waals surface area contributed by atoms with E-state index in [2.05, 4.69) is 15.6 Å². The molecule has 0 aliphatic carbocycles. The predicted octanol–water partition coefficient (Wildman–Crippen LogP) is 2.83. The number of aliphatic hydroxyl groups is 1. The topological polar surface area (TPSA) is 166 Å². The van der Waals surface area contributed by atoms with Crippen molar-refractivity contribution < 1.29 is 28.7 Å². The monoisotopic (exact) mass is 524 g/mol. The van der Waals surface area contributed by atoms with E-state index < -0.39 is 23.0 Å². The summed E-state index contributed by atoms with van der Waals surface area (Å²) in [5, 5.41) is 25.9. The van der Waals surface area contributed by atoms with Gasteiger partial charge in [-0.3, -0.25) is 19.7 Å². The molecule has 3 N–H and O–H groups in total. The number of ether oxygens (including phenoxy) is 2. The normalized spacial score (nSPS) is 16.9. The first-order valence-corrected chi connectivity index (χ1v) is 12.2. The number of nitrogens with one attached hydrogen (secondary N) is 2. The Hall–Kier alpha value is -4.29. The van der Waals surface area contributed by atoms with Crippen LogP contribution in [0.3, 0.4) is 0 Å². The Bertz CT molecular complexity index is 1360. The Labute approximate surface area is 217 Å². The van der Waals surface area contributed by atoms with Crippen LogP contribution in [0.2, 0.25) is 0 Å². The van der Waals surface area contributed by atoms with Crippen molar-refractivity contribution >= 4 is 28.4 Å². The lowest BCUT2D eigenvalue weighted by atomic mass is 9.93. The molecule has 2 aromatic heterocycles. The molecule has 12 heteroatoms. The summed E-state index contributed by atoms with van der Waals surface area (Å²) in [6.07, 6.45) is 4.89. The highest BCUT2D eigenvalue weighted by atomic mass is 16.7. The minimum atomic E-state index is -0.766. The largest absolute Gasteiger partial charge is 0.464 e. The molecule has 1 aliphatic heterocycles. The second-order valence-corrected chi connectivity index (χ2v) is 8.58. The van der Waals surface area contributed by atoms with Crippen molar-refractivity contribution in [3.63, 3.8) is 0 Å². The van der Waals surface area contributed by atoms with Gasteiger partial charge in [-0.15, -0.1) is 0 Å². The van der Waals surface area contributed by atoms with E-state index in [1.54, 1.807) is 30.3 Å². The van der Waals surface area contributed by atoms with Crippen LogP contribution in [-0.4, -0.2) is 53.5 Å². The van der Waals surface area contributed by atoms with Gasteiger partial charge in [-0.1, -0.05) is 12.1 Å². The van der Waals surface area contributed by atoms with Crippen LogP contribution < -0.4 is 16.1 Å². The third-order valence-electron chi connectivity index (χ3n) is 5.92. The first-order valence-electron chi connectivity index (χ1n) is 12.2. The van der Waals surface area contributed by atoms with Crippen LogP contribution >= 0.6 is 0 Å². The Balaban J connectivity index is 1.43. The molecule has 1 aliphatic rings. The van der Waals surface area contributed by atoms with Crippen LogP contribution in [-0.2, 0) is 14.3 Å². The summed E-state index contributed by atoms with van der Waals surface area (Å²) in [6.45, 7) is 0.892. The summed E-state index contributed by atoms with van der Waals surface area (Å²) in [5.74, 6) is -0.509. The second-order valence-electron chi connectivity index (χ2n) is 8.58. The summed E-state index contributed by atoms with van der Waals surface area (Å²) >= 11 is 0. The number of aromatic nitrogens is 1. The Kier molecular flexibility index (Phi) is 9.01. The smallest absolute Gasteiger partial charge is 0.287 e. The lowest BCUT2D eigenvalue weighted by Crippen LogP contribution is -2.35. The summed E-state index contributed by atoms with van der Waals surface area (Å²) in [5.41, 5.74) is 0.566. The number of allylic oxidation sites excluding steroid dienone is 1. The third-order valence-corrected chi connectivity index (χ3v) is 5.92. The molecule has 1 aromatic carbocycles. The first kappa shape index (κ1) is 26.8. The molecule has 3 heterocycles. The lowest BCUT2D eigenvalue weighted by Gasteiger charge is -2.29. The number of hydrogen-bond donors (Lipinski definition) is 3. The van der Waals surface area contributed by atoms with Crippen molar-refractivity contribution in [2.75, 3.05) is 31.6 Å². The number of benzene rings is 1. The zero-order valence-corrected chi connectivity index (χ0v) is 20.5. The molecular weight excluding hydrogens is 496 g/mol. The predicted molar refractivity (Wildman–Crippen MR) is 137 cm³/mol. The van der Waals surface area contributed by atoms with Crippen LogP contribution in [0.15, 0.2) is 69.9 Å². The van der Waals surface area contributed by atoms with Gasteiger partial charge in [0.05, 0.1) is 23.2 Å². The van der Waals surface area contributed by atoms with Gasteiger partial charge in [-0.05, 0) is 37.1 Å². The maximum Gasteiger partial charge on any atom is 0.287 e. The number of carbonyl (C=O) groups is 1. The molecule has 38 heavy (non-hydrogen) atoms. The molecule has 0 bridgehead atoms. The van der Waals surface area contributed by atoms with Gasteiger partial charge < -0.3 is 29.6 Å². The van der Waals surface area contributed by atoms with Gasteiger partial charge in [-0.25, -0.2) is 4.98 Å². The molecule has 0 unspecified atom stereocenters. The summed E-state index contributed by atoms with van der Waals surface area (Å²) in [6, 6.07) is 9.76. The number of aliphatic hydroxyl groups excluding tert-OH is 1. The Morgan fingerprint density at radius 3 is 2.82 bits per heavy atom. The van der Waals surface area contributed by atoms with Gasteiger partial charge >= 0.3 is 0 Å².